The van der Waals surface area contributed by atoms with Gasteiger partial charge in [0.05, 0.1) is 6.04 Å². The molecule has 1 aliphatic heterocycles. The van der Waals surface area contributed by atoms with Crippen LogP contribution in [0.4, 0.5) is 0 Å². The number of carbonyl (C=O) groups is 1. The normalized spacial score (nSPS) is 22.9. The van der Waals surface area contributed by atoms with Crippen molar-refractivity contribution in [3.63, 3.8) is 0 Å². The van der Waals surface area contributed by atoms with E-state index in [9.17, 15) is 4.79 Å². The molecule has 2 aromatic rings. The molecule has 0 aliphatic carbocycles. The van der Waals surface area contributed by atoms with Crippen molar-refractivity contribution in [2.24, 2.45) is 0 Å². The highest BCUT2D eigenvalue weighted by atomic mass is 35.5. The molecule has 0 spiro atoms. The van der Waals surface area contributed by atoms with Crippen molar-refractivity contribution < 1.29 is 9.53 Å². The van der Waals surface area contributed by atoms with E-state index in [-0.39, 0.29) is 30.4 Å². The smallest absolute Gasteiger partial charge is 0.175 e. The molecule has 0 saturated carbocycles. The zero-order valence-electron chi connectivity index (χ0n) is 14.7. The first-order valence-electron chi connectivity index (χ1n) is 8.75. The summed E-state index contributed by atoms with van der Waals surface area (Å²) in [7, 11) is 1.56. The minimum Gasteiger partial charge on any atom is -0.377 e. The monoisotopic (exact) mass is 357 g/mol. The molecular weight excluding hydrogens is 334 g/mol. The summed E-state index contributed by atoms with van der Waals surface area (Å²) in [5, 5.41) is 4.30. The molecule has 1 N–H and O–H groups in total. The Morgan fingerprint density at radius 3 is 2.60 bits per heavy atom. The van der Waals surface area contributed by atoms with E-state index in [1.54, 1.807) is 7.11 Å². The van der Waals surface area contributed by atoms with Gasteiger partial charge in [-0.25, -0.2) is 0 Å². The van der Waals surface area contributed by atoms with Crippen molar-refractivity contribution in [2.45, 2.75) is 37.8 Å². The van der Waals surface area contributed by atoms with Gasteiger partial charge in [0.2, 0.25) is 0 Å². The number of benzene rings is 2. The Kier molecular flexibility index (Phi) is 5.89. The van der Waals surface area contributed by atoms with Gasteiger partial charge in [0.25, 0.3) is 0 Å². The van der Waals surface area contributed by atoms with E-state index in [4.69, 9.17) is 16.3 Å². The molecule has 0 amide bonds. The van der Waals surface area contributed by atoms with Crippen LogP contribution in [0.25, 0.3) is 0 Å². The maximum Gasteiger partial charge on any atom is 0.175 e. The van der Waals surface area contributed by atoms with Gasteiger partial charge < -0.3 is 4.74 Å². The van der Waals surface area contributed by atoms with Crippen LogP contribution in [0.3, 0.4) is 0 Å². The molecule has 0 bridgehead atoms. The van der Waals surface area contributed by atoms with Crippen LogP contribution < -0.4 is 5.32 Å². The molecule has 0 radical (unpaired) electrons. The maximum atomic E-state index is 12.4. The zero-order valence-corrected chi connectivity index (χ0v) is 15.4. The minimum absolute atomic E-state index is 0.109. The largest absolute Gasteiger partial charge is 0.377 e. The van der Waals surface area contributed by atoms with Crippen LogP contribution in [0, 0.1) is 0 Å². The van der Waals surface area contributed by atoms with Gasteiger partial charge in [-0.3, -0.25) is 10.1 Å². The molecule has 1 fully saturated rings. The van der Waals surface area contributed by atoms with Crippen LogP contribution in [0.1, 0.15) is 42.0 Å². The topological polar surface area (TPSA) is 38.3 Å². The van der Waals surface area contributed by atoms with Gasteiger partial charge >= 0.3 is 0 Å². The molecule has 25 heavy (non-hydrogen) atoms. The lowest BCUT2D eigenvalue weighted by Gasteiger charge is -2.23. The van der Waals surface area contributed by atoms with E-state index in [1.807, 2.05) is 12.1 Å². The van der Waals surface area contributed by atoms with Crippen molar-refractivity contribution in [3.05, 3.63) is 70.2 Å². The molecule has 1 heterocycles. The van der Waals surface area contributed by atoms with Crippen molar-refractivity contribution in [1.29, 1.82) is 0 Å². The Morgan fingerprint density at radius 2 is 1.92 bits per heavy atom. The number of ketones is 1. The second-order valence-corrected chi connectivity index (χ2v) is 6.98. The van der Waals surface area contributed by atoms with Gasteiger partial charge in [-0.1, -0.05) is 54.9 Å². The number of hydrogen-bond acceptors (Lipinski definition) is 3. The van der Waals surface area contributed by atoms with Gasteiger partial charge in [-0.2, -0.15) is 0 Å². The molecule has 3 nitrogen and oxygen atoms in total. The van der Waals surface area contributed by atoms with Gasteiger partial charge in [-0.15, -0.1) is 0 Å². The average Bonchev–Trinajstić information content (AvgIpc) is 3.08. The van der Waals surface area contributed by atoms with E-state index in [0.717, 1.165) is 17.9 Å². The zero-order chi connectivity index (χ0) is 17.8. The van der Waals surface area contributed by atoms with E-state index in [2.05, 4.69) is 48.6 Å². The number of halogens is 1. The molecule has 1 saturated heterocycles. The quantitative estimate of drug-likeness (QED) is 0.837. The Balaban J connectivity index is 1.96. The van der Waals surface area contributed by atoms with E-state index in [1.165, 1.54) is 16.7 Å². The number of carbonyl (C=O) groups excluding carboxylic acids is 1. The molecule has 0 aromatic heterocycles. The van der Waals surface area contributed by atoms with Crippen molar-refractivity contribution in [1.82, 2.24) is 5.32 Å². The van der Waals surface area contributed by atoms with Crippen LogP contribution in [0.15, 0.2) is 48.5 Å². The molecule has 1 aliphatic rings. The lowest BCUT2D eigenvalue weighted by atomic mass is 9.85. The van der Waals surface area contributed by atoms with Crippen LogP contribution in [0.2, 0.25) is 5.02 Å². The third-order valence-electron chi connectivity index (χ3n) is 5.02. The molecular formula is C21H24ClNO2. The van der Waals surface area contributed by atoms with Crippen LogP contribution in [-0.4, -0.2) is 25.5 Å². The highest BCUT2D eigenvalue weighted by Gasteiger charge is 2.39. The Hall–Kier alpha value is -1.68. The highest BCUT2D eigenvalue weighted by Crippen LogP contribution is 2.41. The van der Waals surface area contributed by atoms with Crippen molar-refractivity contribution >= 4 is 17.4 Å². The standard InChI is InChI=1S/C21H24ClNO2/c1-3-14-6-4-5-7-17(14)21-18(15-8-10-16(22)11-9-15)12-19(23-21)20(24)13-25-2/h4-11,18-19,21,23H,3,12-13H2,1-2H3. The summed E-state index contributed by atoms with van der Waals surface area (Å²) in [6.45, 7) is 2.31. The second kappa shape index (κ2) is 8.13. The number of rotatable bonds is 6. The summed E-state index contributed by atoms with van der Waals surface area (Å²) in [5.41, 5.74) is 3.80. The van der Waals surface area contributed by atoms with Crippen LogP contribution >= 0.6 is 11.6 Å². The third kappa shape index (κ3) is 3.95. The molecule has 3 atom stereocenters. The fraction of sp³-hybridized carbons (Fsp3) is 0.381. The summed E-state index contributed by atoms with van der Waals surface area (Å²) in [6, 6.07) is 16.4. The van der Waals surface area contributed by atoms with E-state index >= 15 is 0 Å². The van der Waals surface area contributed by atoms with E-state index < -0.39 is 0 Å². The lowest BCUT2D eigenvalue weighted by Crippen LogP contribution is -2.34. The number of ether oxygens (including phenoxy) is 1. The lowest BCUT2D eigenvalue weighted by molar-refractivity contribution is -0.124. The number of aryl methyl sites for hydroxylation is 1. The van der Waals surface area contributed by atoms with Crippen LogP contribution in [0.5, 0.6) is 0 Å². The predicted octanol–water partition coefficient (Wildman–Crippen LogP) is 4.30. The summed E-state index contributed by atoms with van der Waals surface area (Å²) < 4.78 is 5.05. The molecule has 3 unspecified atom stereocenters. The molecule has 132 valence electrons. The maximum absolute atomic E-state index is 12.4. The third-order valence-corrected chi connectivity index (χ3v) is 5.27. The summed E-state index contributed by atoms with van der Waals surface area (Å²) in [6.07, 6.45) is 1.74. The summed E-state index contributed by atoms with van der Waals surface area (Å²) in [4.78, 5) is 12.4. The number of hydrogen-bond donors (Lipinski definition) is 1. The number of methoxy groups -OCH3 is 1. The Morgan fingerprint density at radius 1 is 1.20 bits per heavy atom. The first-order valence-corrected chi connectivity index (χ1v) is 9.12. The minimum atomic E-state index is -0.185. The number of nitrogens with one attached hydrogen (secondary N) is 1. The first kappa shape index (κ1) is 18.1. The Labute approximate surface area is 154 Å². The first-order chi connectivity index (χ1) is 12.1. The highest BCUT2D eigenvalue weighted by molar-refractivity contribution is 6.30. The van der Waals surface area contributed by atoms with Crippen LogP contribution in [-0.2, 0) is 16.0 Å². The Bertz CT molecular complexity index is 729. The fourth-order valence-electron chi connectivity index (χ4n) is 3.76. The fourth-order valence-corrected chi connectivity index (χ4v) is 3.89. The SMILES string of the molecule is CCc1ccccc1C1NC(C(=O)COC)CC1c1ccc(Cl)cc1. The van der Waals surface area contributed by atoms with Gasteiger partial charge in [0, 0.05) is 24.1 Å². The summed E-state index contributed by atoms with van der Waals surface area (Å²) >= 11 is 6.05. The van der Waals surface area contributed by atoms with Crippen molar-refractivity contribution in [2.75, 3.05) is 13.7 Å². The average molecular weight is 358 g/mol. The molecule has 4 heteroatoms. The number of Topliss-reactive ketones (excluding diaryl/α,β-unsaturated/α-hetero) is 1. The molecule has 3 rings (SSSR count). The van der Waals surface area contributed by atoms with Gasteiger partial charge in [0.1, 0.15) is 6.61 Å². The van der Waals surface area contributed by atoms with Gasteiger partial charge in [-0.05, 0) is 41.7 Å². The predicted molar refractivity (Wildman–Crippen MR) is 101 cm³/mol. The second-order valence-electron chi connectivity index (χ2n) is 6.54. The van der Waals surface area contributed by atoms with E-state index in [0.29, 0.717) is 0 Å². The van der Waals surface area contributed by atoms with Crippen molar-refractivity contribution in [3.8, 4) is 0 Å². The summed E-state index contributed by atoms with van der Waals surface area (Å²) in [5.74, 6) is 0.341. The molecule has 2 aromatic carbocycles. The van der Waals surface area contributed by atoms with Gasteiger partial charge in [0.15, 0.2) is 5.78 Å².